The molecule has 1 saturated carbocycles. The van der Waals surface area contributed by atoms with Gasteiger partial charge in [-0.05, 0) is 51.0 Å². The van der Waals surface area contributed by atoms with Gasteiger partial charge in [0, 0.05) is 11.5 Å². The minimum Gasteiger partial charge on any atom is -0.454 e. The summed E-state index contributed by atoms with van der Waals surface area (Å²) in [6.45, 7) is 7.90. The maximum atomic E-state index is 12.0. The molecular weight excluding hydrogens is 352 g/mol. The van der Waals surface area contributed by atoms with E-state index < -0.39 is 30.2 Å². The number of hydrogen-bond donors (Lipinski definition) is 3. The first-order valence-electron chi connectivity index (χ1n) is 9.63. The summed E-state index contributed by atoms with van der Waals surface area (Å²) >= 11 is 0. The zero-order valence-electron chi connectivity index (χ0n) is 15.7. The predicted octanol–water partition coefficient (Wildman–Crippen LogP) is 0.675. The Kier molecular flexibility index (Phi) is 4.71. The number of carbonyl (C=O) groups is 1. The summed E-state index contributed by atoms with van der Waals surface area (Å²) in [5.41, 5.74) is 1.10. The van der Waals surface area contributed by atoms with E-state index in [9.17, 15) is 20.1 Å². The van der Waals surface area contributed by atoms with Crippen molar-refractivity contribution in [1.82, 2.24) is 0 Å². The van der Waals surface area contributed by atoms with Gasteiger partial charge in [-0.2, -0.15) is 0 Å². The third kappa shape index (κ3) is 3.06. The van der Waals surface area contributed by atoms with E-state index in [0.29, 0.717) is 17.9 Å². The average molecular weight is 380 g/mol. The molecule has 0 aromatic rings. The van der Waals surface area contributed by atoms with Crippen molar-refractivity contribution >= 4 is 5.97 Å². The average Bonchev–Trinajstić information content (AvgIpc) is 3.02. The highest BCUT2D eigenvalue weighted by Crippen LogP contribution is 2.53. The molecule has 27 heavy (non-hydrogen) atoms. The van der Waals surface area contributed by atoms with Gasteiger partial charge in [0.2, 0.25) is 0 Å². The summed E-state index contributed by atoms with van der Waals surface area (Å²) in [7, 11) is 0. The number of fused-ring (bicyclic) bond motifs is 2. The van der Waals surface area contributed by atoms with Gasteiger partial charge in [-0.25, -0.2) is 4.79 Å². The van der Waals surface area contributed by atoms with E-state index in [2.05, 4.69) is 13.5 Å². The standard InChI is InChI=1S/C20H28O7/c1-9-6-15-12(10(2)18(24)26-15)7-13-11(9)4-5-20(13,3)27-19-17(23)16(22)14(21)8-25-19/h6,11-17,19,21-23H,2,4-5,7-8H2,1,3H3. The fourth-order valence-electron chi connectivity index (χ4n) is 5.22. The lowest BCUT2D eigenvalue weighted by Crippen LogP contribution is -2.56. The van der Waals surface area contributed by atoms with Gasteiger partial charge in [0.25, 0.3) is 0 Å². The third-order valence-electron chi connectivity index (χ3n) is 6.93. The van der Waals surface area contributed by atoms with Crippen molar-refractivity contribution < 1.29 is 34.3 Å². The van der Waals surface area contributed by atoms with E-state index in [4.69, 9.17) is 14.2 Å². The lowest BCUT2D eigenvalue weighted by molar-refractivity contribution is -0.304. The fraction of sp³-hybridized carbons (Fsp3) is 0.750. The van der Waals surface area contributed by atoms with E-state index in [1.54, 1.807) is 0 Å². The molecule has 0 amide bonds. The second-order valence-electron chi connectivity index (χ2n) is 8.58. The van der Waals surface area contributed by atoms with Crippen LogP contribution >= 0.6 is 0 Å². The topological polar surface area (TPSA) is 105 Å². The second-order valence-corrected chi connectivity index (χ2v) is 8.58. The predicted molar refractivity (Wildman–Crippen MR) is 94.3 cm³/mol. The molecule has 4 rings (SSSR count). The van der Waals surface area contributed by atoms with Crippen LogP contribution in [-0.2, 0) is 19.0 Å². The first-order chi connectivity index (χ1) is 12.7. The number of esters is 1. The number of allylic oxidation sites excluding steroid dienone is 1. The monoisotopic (exact) mass is 380 g/mol. The van der Waals surface area contributed by atoms with Crippen LogP contribution in [0, 0.1) is 17.8 Å². The molecular formula is C20H28O7. The number of aliphatic hydroxyl groups is 3. The van der Waals surface area contributed by atoms with Crippen molar-refractivity contribution in [3.8, 4) is 0 Å². The lowest BCUT2D eigenvalue weighted by Gasteiger charge is -2.42. The molecule has 2 heterocycles. The third-order valence-corrected chi connectivity index (χ3v) is 6.93. The van der Waals surface area contributed by atoms with Crippen LogP contribution in [0.15, 0.2) is 23.8 Å². The molecule has 3 N–H and O–H groups in total. The van der Waals surface area contributed by atoms with Crippen molar-refractivity contribution in [2.24, 2.45) is 17.8 Å². The van der Waals surface area contributed by atoms with E-state index in [-0.39, 0.29) is 30.5 Å². The fourth-order valence-corrected chi connectivity index (χ4v) is 5.22. The molecule has 0 aromatic carbocycles. The molecule has 3 fully saturated rings. The molecule has 0 bridgehead atoms. The van der Waals surface area contributed by atoms with Crippen molar-refractivity contribution in [3.63, 3.8) is 0 Å². The molecule has 9 atom stereocenters. The molecule has 9 unspecified atom stereocenters. The Morgan fingerprint density at radius 3 is 2.74 bits per heavy atom. The molecule has 7 nitrogen and oxygen atoms in total. The van der Waals surface area contributed by atoms with Gasteiger partial charge in [-0.15, -0.1) is 0 Å². The number of hydrogen-bond acceptors (Lipinski definition) is 7. The zero-order chi connectivity index (χ0) is 19.5. The molecule has 0 radical (unpaired) electrons. The van der Waals surface area contributed by atoms with Crippen LogP contribution in [-0.4, -0.2) is 64.2 Å². The SMILES string of the molecule is C=C1C(=O)OC2C=C(C)C3CCC(C)(OC4OCC(O)C(O)C4O)C3CC12. The molecule has 0 spiro atoms. The molecule has 150 valence electrons. The zero-order valence-corrected chi connectivity index (χ0v) is 15.7. The summed E-state index contributed by atoms with van der Waals surface area (Å²) < 4.78 is 17.2. The van der Waals surface area contributed by atoms with Crippen molar-refractivity contribution in [2.45, 2.75) is 69.4 Å². The van der Waals surface area contributed by atoms with Crippen LogP contribution < -0.4 is 0 Å². The van der Waals surface area contributed by atoms with E-state index in [1.165, 1.54) is 5.57 Å². The summed E-state index contributed by atoms with van der Waals surface area (Å²) in [6.07, 6.45) is -0.557. The maximum absolute atomic E-state index is 12.0. The smallest absolute Gasteiger partial charge is 0.334 e. The van der Waals surface area contributed by atoms with Crippen LogP contribution in [0.25, 0.3) is 0 Å². The Hall–Kier alpha value is -1.25. The number of rotatable bonds is 2. The van der Waals surface area contributed by atoms with Gasteiger partial charge >= 0.3 is 5.97 Å². The van der Waals surface area contributed by atoms with Crippen LogP contribution in [0.1, 0.15) is 33.1 Å². The highest BCUT2D eigenvalue weighted by Gasteiger charge is 2.54. The van der Waals surface area contributed by atoms with Gasteiger partial charge in [0.05, 0.1) is 12.2 Å². The van der Waals surface area contributed by atoms with Gasteiger partial charge in [-0.1, -0.05) is 12.2 Å². The van der Waals surface area contributed by atoms with Crippen molar-refractivity contribution in [3.05, 3.63) is 23.8 Å². The highest BCUT2D eigenvalue weighted by molar-refractivity contribution is 5.91. The maximum Gasteiger partial charge on any atom is 0.334 e. The van der Waals surface area contributed by atoms with Gasteiger partial charge in [0.15, 0.2) is 6.29 Å². The summed E-state index contributed by atoms with van der Waals surface area (Å²) in [5, 5.41) is 29.9. The summed E-state index contributed by atoms with van der Waals surface area (Å²) in [4.78, 5) is 12.0. The van der Waals surface area contributed by atoms with Crippen LogP contribution in [0.4, 0.5) is 0 Å². The van der Waals surface area contributed by atoms with Crippen LogP contribution in [0.2, 0.25) is 0 Å². The first kappa shape index (κ1) is 19.1. The van der Waals surface area contributed by atoms with Gasteiger partial charge < -0.3 is 29.5 Å². The lowest BCUT2D eigenvalue weighted by atomic mass is 9.78. The Morgan fingerprint density at radius 2 is 2.00 bits per heavy atom. The Morgan fingerprint density at radius 1 is 1.26 bits per heavy atom. The van der Waals surface area contributed by atoms with Gasteiger partial charge in [-0.3, -0.25) is 0 Å². The highest BCUT2D eigenvalue weighted by atomic mass is 16.7. The largest absolute Gasteiger partial charge is 0.454 e. The Bertz CT molecular complexity index is 673. The second kappa shape index (κ2) is 6.67. The normalized spacial score (nSPS) is 49.9. The van der Waals surface area contributed by atoms with E-state index >= 15 is 0 Å². The minimum atomic E-state index is -1.31. The molecule has 4 aliphatic rings. The molecule has 2 aliphatic carbocycles. The van der Waals surface area contributed by atoms with E-state index in [1.807, 2.05) is 13.0 Å². The van der Waals surface area contributed by atoms with Crippen LogP contribution in [0.5, 0.6) is 0 Å². The Balaban J connectivity index is 1.57. The minimum absolute atomic E-state index is 0.0758. The summed E-state index contributed by atoms with van der Waals surface area (Å²) in [5.74, 6) is -0.0116. The number of aliphatic hydroxyl groups excluding tert-OH is 3. The molecule has 2 saturated heterocycles. The number of carbonyl (C=O) groups excluding carboxylic acids is 1. The number of ether oxygens (including phenoxy) is 3. The van der Waals surface area contributed by atoms with Crippen molar-refractivity contribution in [1.29, 1.82) is 0 Å². The van der Waals surface area contributed by atoms with Crippen LogP contribution in [0.3, 0.4) is 0 Å². The molecule has 0 aromatic heterocycles. The Labute approximate surface area is 158 Å². The quantitative estimate of drug-likeness (QED) is 0.367. The van der Waals surface area contributed by atoms with Gasteiger partial charge in [0.1, 0.15) is 24.4 Å². The summed E-state index contributed by atoms with van der Waals surface area (Å²) in [6, 6.07) is 0. The van der Waals surface area contributed by atoms with Crippen molar-refractivity contribution in [2.75, 3.05) is 6.61 Å². The molecule has 7 heteroatoms. The van der Waals surface area contributed by atoms with E-state index in [0.717, 1.165) is 12.8 Å². The molecule has 2 aliphatic heterocycles. The first-order valence-corrected chi connectivity index (χ1v) is 9.63.